The molecule has 4 nitrogen and oxygen atoms in total. The van der Waals surface area contributed by atoms with Crippen LogP contribution in [0, 0.1) is 28.1 Å². The minimum absolute atomic E-state index is 0.214. The van der Waals surface area contributed by atoms with E-state index in [2.05, 4.69) is 19.6 Å². The topological polar surface area (TPSA) is 52.6 Å². The van der Waals surface area contributed by atoms with E-state index >= 15 is 0 Å². The smallest absolute Gasteiger partial charge is 0.321 e. The van der Waals surface area contributed by atoms with Gasteiger partial charge >= 0.3 is 11.9 Å². The Kier molecular flexibility index (Phi) is 1.53. The Morgan fingerprint density at radius 3 is 2.05 bits per heavy atom. The molecule has 1 heterocycles. The third kappa shape index (κ3) is 0.619. The minimum atomic E-state index is -1.50. The summed E-state index contributed by atoms with van der Waals surface area (Å²) >= 11 is 0. The third-order valence-electron chi connectivity index (χ3n) is 7.91. The van der Waals surface area contributed by atoms with E-state index in [1.165, 1.54) is 0 Å². The standard InChI is InChI=1S/C15H20O4Si/c1-18-7-14-12-5-8-9(15(8,14)20(2,3)4)6-13(12,14)11(17)19-10(12)16/h8-9H,5-7H2,1-4H3. The fourth-order valence-electron chi connectivity index (χ4n) is 8.07. The molecule has 5 rings (SSSR count). The van der Waals surface area contributed by atoms with Gasteiger partial charge in [0.25, 0.3) is 0 Å². The average molecular weight is 292 g/mol. The summed E-state index contributed by atoms with van der Waals surface area (Å²) in [5, 5.41) is 0.241. The lowest BCUT2D eigenvalue weighted by Crippen LogP contribution is -2.43. The summed E-state index contributed by atoms with van der Waals surface area (Å²) in [7, 11) is 0.200. The number of carbonyl (C=O) groups excluding carboxylic acids is 2. The molecule has 4 aliphatic carbocycles. The first-order valence-electron chi connectivity index (χ1n) is 7.55. The molecule has 5 aliphatic rings. The van der Waals surface area contributed by atoms with Crippen molar-refractivity contribution in [2.75, 3.05) is 13.7 Å². The van der Waals surface area contributed by atoms with E-state index in [9.17, 15) is 9.59 Å². The quantitative estimate of drug-likeness (QED) is 0.452. The zero-order valence-electron chi connectivity index (χ0n) is 12.4. The molecule has 4 unspecified atom stereocenters. The molecule has 5 fully saturated rings. The van der Waals surface area contributed by atoms with Gasteiger partial charge in [-0.1, -0.05) is 19.6 Å². The van der Waals surface area contributed by atoms with E-state index in [0.29, 0.717) is 18.4 Å². The number of fused-ring (bicyclic) bond motifs is 1. The van der Waals surface area contributed by atoms with Gasteiger partial charge in [0.05, 0.1) is 25.5 Å². The highest BCUT2D eigenvalue weighted by Crippen LogP contribution is 3.12. The number of ether oxygens (including phenoxy) is 2. The van der Waals surface area contributed by atoms with Crippen molar-refractivity contribution in [2.45, 2.75) is 37.5 Å². The van der Waals surface area contributed by atoms with Crippen molar-refractivity contribution in [3.63, 3.8) is 0 Å². The first-order chi connectivity index (χ1) is 9.29. The molecular weight excluding hydrogens is 272 g/mol. The summed E-state index contributed by atoms with van der Waals surface area (Å²) in [5.41, 5.74) is -1.23. The van der Waals surface area contributed by atoms with Crippen molar-refractivity contribution >= 4 is 20.0 Å². The maximum Gasteiger partial charge on any atom is 0.321 e. The average Bonchev–Trinajstić information content (AvgIpc) is 3.02. The second-order valence-corrected chi connectivity index (χ2v) is 13.9. The Hall–Kier alpha value is -0.683. The maximum absolute atomic E-state index is 12.5. The van der Waals surface area contributed by atoms with E-state index < -0.39 is 18.9 Å². The van der Waals surface area contributed by atoms with Crippen molar-refractivity contribution in [1.29, 1.82) is 0 Å². The van der Waals surface area contributed by atoms with Gasteiger partial charge in [-0.05, 0) is 29.7 Å². The van der Waals surface area contributed by atoms with Gasteiger partial charge in [0.2, 0.25) is 0 Å². The molecular formula is C15H20O4Si. The first-order valence-corrected chi connectivity index (χ1v) is 11.1. The second kappa shape index (κ2) is 2.56. The molecule has 5 heteroatoms. The zero-order chi connectivity index (χ0) is 14.3. The van der Waals surface area contributed by atoms with E-state index in [0.717, 1.165) is 12.8 Å². The maximum atomic E-state index is 12.5. The number of rotatable bonds is 3. The second-order valence-electron chi connectivity index (χ2n) is 8.57. The van der Waals surface area contributed by atoms with Crippen molar-refractivity contribution in [2.24, 2.45) is 28.1 Å². The predicted octanol–water partition coefficient (Wildman–Crippen LogP) is 1.82. The van der Waals surface area contributed by atoms with Gasteiger partial charge in [0.1, 0.15) is 0 Å². The first kappa shape index (κ1) is 11.9. The summed E-state index contributed by atoms with van der Waals surface area (Å²) in [5.74, 6) is 0.819. The van der Waals surface area contributed by atoms with Gasteiger partial charge in [-0.3, -0.25) is 9.59 Å². The Morgan fingerprint density at radius 2 is 1.65 bits per heavy atom. The Bertz CT molecular complexity index is 569. The van der Waals surface area contributed by atoms with Gasteiger partial charge in [0.15, 0.2) is 0 Å². The predicted molar refractivity (Wildman–Crippen MR) is 72.5 cm³/mol. The molecule has 1 saturated heterocycles. The molecule has 108 valence electrons. The van der Waals surface area contributed by atoms with Gasteiger partial charge in [0, 0.05) is 12.5 Å². The molecule has 0 bridgehead atoms. The third-order valence-corrected chi connectivity index (χ3v) is 11.6. The van der Waals surface area contributed by atoms with Crippen LogP contribution in [0.2, 0.25) is 24.7 Å². The van der Waals surface area contributed by atoms with Crippen LogP contribution >= 0.6 is 0 Å². The summed E-state index contributed by atoms with van der Waals surface area (Å²) < 4.78 is 10.6. The monoisotopic (exact) mass is 292 g/mol. The van der Waals surface area contributed by atoms with Crippen LogP contribution in [0.15, 0.2) is 0 Å². The lowest BCUT2D eigenvalue weighted by atomic mass is 9.81. The van der Waals surface area contributed by atoms with Crippen molar-refractivity contribution in [3.8, 4) is 0 Å². The Balaban J connectivity index is 1.81. The number of cyclic esters (lactones) is 2. The van der Waals surface area contributed by atoms with Crippen molar-refractivity contribution in [1.82, 2.24) is 0 Å². The largest absolute Gasteiger partial charge is 0.392 e. The number of esters is 2. The van der Waals surface area contributed by atoms with Crippen LogP contribution in [0.1, 0.15) is 12.8 Å². The molecule has 0 amide bonds. The highest BCUT2D eigenvalue weighted by molar-refractivity contribution is 6.81. The van der Waals surface area contributed by atoms with E-state index in [4.69, 9.17) is 9.47 Å². The Morgan fingerprint density at radius 1 is 1.15 bits per heavy atom. The molecule has 4 atom stereocenters. The minimum Gasteiger partial charge on any atom is -0.392 e. The zero-order valence-corrected chi connectivity index (χ0v) is 13.4. The molecule has 0 aromatic carbocycles. The van der Waals surface area contributed by atoms with Gasteiger partial charge < -0.3 is 9.47 Å². The van der Waals surface area contributed by atoms with Gasteiger partial charge in [-0.25, -0.2) is 0 Å². The lowest BCUT2D eigenvalue weighted by molar-refractivity contribution is -0.161. The number of carbonyl (C=O) groups is 2. The van der Waals surface area contributed by atoms with Crippen LogP contribution in [0.4, 0.5) is 0 Å². The summed E-state index contributed by atoms with van der Waals surface area (Å²) in [6.07, 6.45) is 1.77. The van der Waals surface area contributed by atoms with E-state index in [-0.39, 0.29) is 22.4 Å². The Labute approximate surface area is 119 Å². The summed E-state index contributed by atoms with van der Waals surface area (Å²) in [6, 6.07) is 0. The number of hydrogen-bond acceptors (Lipinski definition) is 4. The van der Waals surface area contributed by atoms with Crippen molar-refractivity contribution in [3.05, 3.63) is 0 Å². The molecule has 4 saturated carbocycles. The molecule has 2 spiro atoms. The van der Waals surface area contributed by atoms with Crippen LogP contribution in [0.25, 0.3) is 0 Å². The highest BCUT2D eigenvalue weighted by atomic mass is 28.3. The SMILES string of the molecule is COCC12C34CC5C(CC31C(=O)OC4=O)C52[Si](C)(C)C. The van der Waals surface area contributed by atoms with Crippen LogP contribution in [0.3, 0.4) is 0 Å². The van der Waals surface area contributed by atoms with Gasteiger partial charge in [-0.15, -0.1) is 0 Å². The molecule has 0 aromatic heterocycles. The normalized spacial score (nSPS) is 60.4. The fraction of sp³-hybridized carbons (Fsp3) is 0.867. The summed E-state index contributed by atoms with van der Waals surface area (Å²) in [6.45, 7) is 7.77. The molecule has 1 aliphatic heterocycles. The molecule has 0 aromatic rings. The van der Waals surface area contributed by atoms with Crippen LogP contribution in [-0.2, 0) is 19.1 Å². The number of hydrogen-bond donors (Lipinski definition) is 0. The molecule has 20 heavy (non-hydrogen) atoms. The summed E-state index contributed by atoms with van der Waals surface area (Å²) in [4.78, 5) is 25.0. The molecule has 0 radical (unpaired) electrons. The van der Waals surface area contributed by atoms with Gasteiger partial charge in [-0.2, -0.15) is 0 Å². The molecule has 0 N–H and O–H groups in total. The highest BCUT2D eigenvalue weighted by Gasteiger charge is 3.14. The van der Waals surface area contributed by atoms with Crippen LogP contribution < -0.4 is 0 Å². The van der Waals surface area contributed by atoms with Crippen LogP contribution in [0.5, 0.6) is 0 Å². The van der Waals surface area contributed by atoms with E-state index in [1.807, 2.05) is 0 Å². The van der Waals surface area contributed by atoms with E-state index in [1.54, 1.807) is 7.11 Å². The van der Waals surface area contributed by atoms with Crippen LogP contribution in [-0.4, -0.2) is 33.7 Å². The number of methoxy groups -OCH3 is 1. The lowest BCUT2D eigenvalue weighted by Gasteiger charge is -2.38. The fourth-order valence-corrected chi connectivity index (χ4v) is 12.6. The van der Waals surface area contributed by atoms with Crippen molar-refractivity contribution < 1.29 is 19.1 Å².